The number of amides is 1. The number of nitrogens with one attached hydrogen (secondary N) is 1. The Bertz CT molecular complexity index is 416. The second-order valence-corrected chi connectivity index (χ2v) is 4.16. The fourth-order valence-corrected chi connectivity index (χ4v) is 1.57. The van der Waals surface area contributed by atoms with Crippen LogP contribution < -0.4 is 11.1 Å². The van der Waals surface area contributed by atoms with Crippen LogP contribution in [-0.4, -0.2) is 26.2 Å². The maximum Gasteiger partial charge on any atom is 0.251 e. The normalized spacial score (nSPS) is 10.5. The van der Waals surface area contributed by atoms with E-state index in [1.807, 2.05) is 0 Å². The standard InChI is InChI=1S/C13H18F2N2O2/c1-19-6-4-2-3-5-17-13(18)9-7-10(14)12(16)11(15)8-9/h7-8H,2-6,16H2,1H3,(H,17,18). The van der Waals surface area contributed by atoms with E-state index in [4.69, 9.17) is 10.5 Å². The van der Waals surface area contributed by atoms with Crippen molar-refractivity contribution in [2.45, 2.75) is 19.3 Å². The molecule has 0 fully saturated rings. The van der Waals surface area contributed by atoms with Crippen LogP contribution in [0.1, 0.15) is 29.6 Å². The number of ether oxygens (including phenoxy) is 1. The molecule has 6 heteroatoms. The highest BCUT2D eigenvalue weighted by Crippen LogP contribution is 2.17. The Morgan fingerprint density at radius 1 is 1.26 bits per heavy atom. The first-order valence-electron chi connectivity index (χ1n) is 6.08. The molecule has 0 bridgehead atoms. The zero-order valence-corrected chi connectivity index (χ0v) is 10.8. The third kappa shape index (κ3) is 4.82. The topological polar surface area (TPSA) is 64.3 Å². The fourth-order valence-electron chi connectivity index (χ4n) is 1.57. The molecule has 0 atom stereocenters. The van der Waals surface area contributed by atoms with Crippen LogP contribution in [0, 0.1) is 11.6 Å². The third-order valence-electron chi connectivity index (χ3n) is 2.65. The van der Waals surface area contributed by atoms with Crippen molar-refractivity contribution in [3.05, 3.63) is 29.3 Å². The maximum atomic E-state index is 13.2. The molecule has 0 aliphatic carbocycles. The van der Waals surface area contributed by atoms with Gasteiger partial charge in [0.05, 0.1) is 0 Å². The Morgan fingerprint density at radius 3 is 2.47 bits per heavy atom. The number of hydrogen-bond donors (Lipinski definition) is 2. The van der Waals surface area contributed by atoms with Gasteiger partial charge in [-0.15, -0.1) is 0 Å². The van der Waals surface area contributed by atoms with Gasteiger partial charge in [0.15, 0.2) is 0 Å². The number of nitrogens with two attached hydrogens (primary N) is 1. The monoisotopic (exact) mass is 272 g/mol. The van der Waals surface area contributed by atoms with E-state index in [1.165, 1.54) is 0 Å². The number of rotatable bonds is 7. The average Bonchev–Trinajstić information content (AvgIpc) is 2.39. The molecule has 1 aromatic rings. The van der Waals surface area contributed by atoms with Crippen molar-refractivity contribution >= 4 is 11.6 Å². The van der Waals surface area contributed by atoms with E-state index in [2.05, 4.69) is 5.32 Å². The molecule has 3 N–H and O–H groups in total. The number of unbranched alkanes of at least 4 members (excludes halogenated alkanes) is 2. The van der Waals surface area contributed by atoms with Crippen LogP contribution in [0.15, 0.2) is 12.1 Å². The van der Waals surface area contributed by atoms with Crippen molar-refractivity contribution in [1.82, 2.24) is 5.32 Å². The fraction of sp³-hybridized carbons (Fsp3) is 0.462. The summed E-state index contributed by atoms with van der Waals surface area (Å²) in [6.45, 7) is 1.14. The van der Waals surface area contributed by atoms with E-state index in [-0.39, 0.29) is 5.56 Å². The first-order chi connectivity index (χ1) is 9.06. The lowest BCUT2D eigenvalue weighted by Crippen LogP contribution is -2.24. The molecule has 1 rings (SSSR count). The summed E-state index contributed by atoms with van der Waals surface area (Å²) >= 11 is 0. The second kappa shape index (κ2) is 7.68. The van der Waals surface area contributed by atoms with Gasteiger partial charge in [-0.25, -0.2) is 8.78 Å². The molecule has 4 nitrogen and oxygen atoms in total. The summed E-state index contributed by atoms with van der Waals surface area (Å²) < 4.78 is 31.2. The van der Waals surface area contributed by atoms with Crippen molar-refractivity contribution < 1.29 is 18.3 Å². The van der Waals surface area contributed by atoms with Gasteiger partial charge in [-0.3, -0.25) is 4.79 Å². The van der Waals surface area contributed by atoms with Crippen molar-refractivity contribution in [3.63, 3.8) is 0 Å². The zero-order valence-electron chi connectivity index (χ0n) is 10.8. The highest BCUT2D eigenvalue weighted by atomic mass is 19.1. The largest absolute Gasteiger partial charge is 0.394 e. The van der Waals surface area contributed by atoms with E-state index in [0.29, 0.717) is 13.2 Å². The lowest BCUT2D eigenvalue weighted by molar-refractivity contribution is 0.0951. The predicted molar refractivity (Wildman–Crippen MR) is 68.8 cm³/mol. The van der Waals surface area contributed by atoms with Gasteiger partial charge < -0.3 is 15.8 Å². The molecular formula is C13H18F2N2O2. The van der Waals surface area contributed by atoms with Crippen LogP contribution in [0.25, 0.3) is 0 Å². The summed E-state index contributed by atoms with van der Waals surface area (Å²) in [5.41, 5.74) is 4.48. The van der Waals surface area contributed by atoms with Gasteiger partial charge in [0.2, 0.25) is 0 Å². The number of hydrogen-bond acceptors (Lipinski definition) is 3. The quantitative estimate of drug-likeness (QED) is 0.590. The van der Waals surface area contributed by atoms with E-state index in [9.17, 15) is 13.6 Å². The molecule has 0 saturated carbocycles. The molecule has 19 heavy (non-hydrogen) atoms. The second-order valence-electron chi connectivity index (χ2n) is 4.16. The first-order valence-corrected chi connectivity index (χ1v) is 6.08. The Balaban J connectivity index is 2.42. The van der Waals surface area contributed by atoms with Gasteiger partial charge >= 0.3 is 0 Å². The zero-order chi connectivity index (χ0) is 14.3. The van der Waals surface area contributed by atoms with Gasteiger partial charge in [-0.1, -0.05) is 0 Å². The molecule has 0 unspecified atom stereocenters. The molecule has 0 heterocycles. The van der Waals surface area contributed by atoms with E-state index < -0.39 is 23.2 Å². The van der Waals surface area contributed by atoms with Gasteiger partial charge in [0.1, 0.15) is 17.3 Å². The van der Waals surface area contributed by atoms with Crippen molar-refractivity contribution in [1.29, 1.82) is 0 Å². The summed E-state index contributed by atoms with van der Waals surface area (Å²) in [5, 5.41) is 2.60. The molecular weight excluding hydrogens is 254 g/mol. The number of anilines is 1. The molecule has 106 valence electrons. The molecule has 1 amide bonds. The minimum Gasteiger partial charge on any atom is -0.394 e. The van der Waals surface area contributed by atoms with Crippen molar-refractivity contribution in [2.75, 3.05) is 26.0 Å². The summed E-state index contributed by atoms with van der Waals surface area (Å²) in [7, 11) is 1.63. The first kappa shape index (κ1) is 15.4. The number of benzene rings is 1. The molecule has 0 aromatic heterocycles. The predicted octanol–water partition coefficient (Wildman–Crippen LogP) is 2.09. The molecule has 0 aliphatic rings. The Hall–Kier alpha value is -1.69. The van der Waals surface area contributed by atoms with Crippen LogP contribution in [0.2, 0.25) is 0 Å². The number of methoxy groups -OCH3 is 1. The number of halogens is 2. The Kier molecular flexibility index (Phi) is 6.21. The minimum absolute atomic E-state index is 0.0684. The Morgan fingerprint density at radius 2 is 1.89 bits per heavy atom. The van der Waals surface area contributed by atoms with Gasteiger partial charge in [-0.2, -0.15) is 0 Å². The van der Waals surface area contributed by atoms with Gasteiger partial charge in [0, 0.05) is 25.8 Å². The lowest BCUT2D eigenvalue weighted by Gasteiger charge is -2.07. The molecule has 0 spiro atoms. The van der Waals surface area contributed by atoms with E-state index >= 15 is 0 Å². The van der Waals surface area contributed by atoms with Crippen LogP contribution in [0.5, 0.6) is 0 Å². The molecule has 1 aromatic carbocycles. The number of carbonyl (C=O) groups excluding carboxylic acids is 1. The highest BCUT2D eigenvalue weighted by molar-refractivity contribution is 5.94. The summed E-state index contributed by atoms with van der Waals surface area (Å²) in [6.07, 6.45) is 2.62. The van der Waals surface area contributed by atoms with Crippen molar-refractivity contribution in [3.8, 4) is 0 Å². The number of nitrogen functional groups attached to an aromatic ring is 1. The van der Waals surface area contributed by atoms with Crippen LogP contribution in [0.3, 0.4) is 0 Å². The summed E-state index contributed by atoms with van der Waals surface area (Å²) in [6, 6.07) is 1.86. The summed E-state index contributed by atoms with van der Waals surface area (Å²) in [5.74, 6) is -2.36. The lowest BCUT2D eigenvalue weighted by atomic mass is 10.1. The van der Waals surface area contributed by atoms with Crippen molar-refractivity contribution in [2.24, 2.45) is 0 Å². The minimum atomic E-state index is -0.926. The Labute approximate surface area is 110 Å². The highest BCUT2D eigenvalue weighted by Gasteiger charge is 2.12. The van der Waals surface area contributed by atoms with Crippen LogP contribution in [-0.2, 0) is 4.74 Å². The summed E-state index contributed by atoms with van der Waals surface area (Å²) in [4.78, 5) is 11.6. The van der Waals surface area contributed by atoms with Crippen LogP contribution in [0.4, 0.5) is 14.5 Å². The SMILES string of the molecule is COCCCCCNC(=O)c1cc(F)c(N)c(F)c1. The molecule has 0 aliphatic heterocycles. The third-order valence-corrected chi connectivity index (χ3v) is 2.65. The van der Waals surface area contributed by atoms with E-state index in [0.717, 1.165) is 31.4 Å². The van der Waals surface area contributed by atoms with E-state index in [1.54, 1.807) is 7.11 Å². The van der Waals surface area contributed by atoms with Gasteiger partial charge in [0.25, 0.3) is 5.91 Å². The van der Waals surface area contributed by atoms with Crippen LogP contribution >= 0.6 is 0 Å². The maximum absolute atomic E-state index is 13.2. The smallest absolute Gasteiger partial charge is 0.251 e. The molecule has 0 radical (unpaired) electrons. The molecule has 0 saturated heterocycles. The number of carbonyl (C=O) groups is 1. The average molecular weight is 272 g/mol. The van der Waals surface area contributed by atoms with Gasteiger partial charge in [-0.05, 0) is 31.4 Å².